The lowest BCUT2D eigenvalue weighted by atomic mass is 9.85. The van der Waals surface area contributed by atoms with Crippen molar-refractivity contribution in [3.05, 3.63) is 81.9 Å². The Kier molecular flexibility index (Phi) is 6.50. The minimum Gasteiger partial charge on any atom is -0.303 e. The van der Waals surface area contributed by atoms with E-state index in [0.717, 1.165) is 43.1 Å². The van der Waals surface area contributed by atoms with E-state index in [1.807, 2.05) is 24.3 Å². The summed E-state index contributed by atoms with van der Waals surface area (Å²) >= 11 is 6.25. The largest absolute Gasteiger partial charge is 0.303 e. The van der Waals surface area contributed by atoms with Crippen LogP contribution < -0.4 is 5.14 Å². The highest BCUT2D eigenvalue weighted by atomic mass is 35.5. The van der Waals surface area contributed by atoms with Gasteiger partial charge in [-0.05, 0) is 91.1 Å². The maximum atomic E-state index is 15.0. The average molecular weight is 503 g/mol. The molecule has 5 rings (SSSR count). The Balaban J connectivity index is 1.39. The van der Waals surface area contributed by atoms with Crippen LogP contribution in [0.5, 0.6) is 0 Å². The van der Waals surface area contributed by atoms with Crippen LogP contribution in [0.15, 0.2) is 53.7 Å². The van der Waals surface area contributed by atoms with E-state index in [2.05, 4.69) is 16.1 Å². The summed E-state index contributed by atoms with van der Waals surface area (Å²) in [6, 6.07) is 11.7. The Labute approximate surface area is 204 Å². The molecule has 0 radical (unpaired) electrons. The zero-order valence-electron chi connectivity index (χ0n) is 18.8. The summed E-state index contributed by atoms with van der Waals surface area (Å²) in [5.74, 6) is 0.517. The first-order chi connectivity index (χ1) is 16.3. The molecule has 3 aromatic rings. The Hall–Kier alpha value is -2.26. The first-order valence-corrected chi connectivity index (χ1v) is 13.5. The molecule has 0 spiro atoms. The molecule has 1 aliphatic heterocycles. The van der Waals surface area contributed by atoms with Crippen LogP contribution in [0.4, 0.5) is 4.39 Å². The van der Waals surface area contributed by atoms with Gasteiger partial charge in [-0.3, -0.25) is 4.68 Å². The predicted octanol–water partition coefficient (Wildman–Crippen LogP) is 3.77. The van der Waals surface area contributed by atoms with Gasteiger partial charge in [-0.15, -0.1) is 0 Å². The van der Waals surface area contributed by atoms with Crippen LogP contribution in [-0.2, 0) is 35.8 Å². The van der Waals surface area contributed by atoms with Crippen molar-refractivity contribution in [2.24, 2.45) is 11.1 Å². The Morgan fingerprint density at radius 3 is 2.71 bits per heavy atom. The van der Waals surface area contributed by atoms with Crippen LogP contribution >= 0.6 is 11.6 Å². The van der Waals surface area contributed by atoms with Crippen molar-refractivity contribution >= 4 is 21.6 Å². The van der Waals surface area contributed by atoms with Gasteiger partial charge in [-0.2, -0.15) is 5.10 Å². The van der Waals surface area contributed by atoms with Gasteiger partial charge in [-0.25, -0.2) is 17.9 Å². The number of nitrogens with zero attached hydrogens (tertiary/aromatic N) is 3. The molecule has 2 N–H and O–H groups in total. The summed E-state index contributed by atoms with van der Waals surface area (Å²) in [4.78, 5) is 2.44. The smallest absolute Gasteiger partial charge is 0.241 e. The minimum atomic E-state index is -3.81. The van der Waals surface area contributed by atoms with Gasteiger partial charge in [0.2, 0.25) is 10.0 Å². The monoisotopic (exact) mass is 502 g/mol. The molecule has 34 heavy (non-hydrogen) atoms. The van der Waals surface area contributed by atoms with Crippen molar-refractivity contribution in [2.75, 3.05) is 19.6 Å². The van der Waals surface area contributed by atoms with Crippen LogP contribution in [-0.4, -0.2) is 42.7 Å². The number of primary sulfonamides is 1. The topological polar surface area (TPSA) is 81.2 Å². The number of aromatic nitrogens is 2. The van der Waals surface area contributed by atoms with Gasteiger partial charge in [0.05, 0.1) is 6.20 Å². The van der Waals surface area contributed by atoms with Crippen molar-refractivity contribution in [2.45, 2.75) is 43.0 Å². The molecule has 1 aliphatic carbocycles. The summed E-state index contributed by atoms with van der Waals surface area (Å²) < 4.78 is 39.5. The number of sulfonamides is 1. The quantitative estimate of drug-likeness (QED) is 0.508. The summed E-state index contributed by atoms with van der Waals surface area (Å²) in [7, 11) is -3.81. The Bertz CT molecular complexity index is 1310. The lowest BCUT2D eigenvalue weighted by Gasteiger charge is -2.35. The fourth-order valence-electron chi connectivity index (χ4n) is 5.20. The molecule has 9 heteroatoms. The lowest BCUT2D eigenvalue weighted by Crippen LogP contribution is -2.41. The van der Waals surface area contributed by atoms with Crippen LogP contribution in [0.2, 0.25) is 5.02 Å². The summed E-state index contributed by atoms with van der Waals surface area (Å²) in [5, 5.41) is 9.95. The Morgan fingerprint density at radius 2 is 2.03 bits per heavy atom. The van der Waals surface area contributed by atoms with Gasteiger partial charge >= 0.3 is 0 Å². The third kappa shape index (κ3) is 5.05. The van der Waals surface area contributed by atoms with Crippen molar-refractivity contribution in [3.8, 4) is 0 Å². The van der Waals surface area contributed by atoms with Crippen LogP contribution in [0.1, 0.15) is 34.6 Å². The molecular formula is C25H28ClFN4O2S. The molecule has 0 bridgehead atoms. The number of fused-ring (bicyclic) bond motifs is 1. The molecule has 1 aromatic heterocycles. The Morgan fingerprint density at radius 1 is 1.21 bits per heavy atom. The first kappa shape index (κ1) is 23.5. The molecule has 180 valence electrons. The van der Waals surface area contributed by atoms with Crippen molar-refractivity contribution in [1.29, 1.82) is 0 Å². The van der Waals surface area contributed by atoms with E-state index >= 15 is 4.39 Å². The highest BCUT2D eigenvalue weighted by molar-refractivity contribution is 7.89. The van der Waals surface area contributed by atoms with Crippen molar-refractivity contribution in [3.63, 3.8) is 0 Å². The third-order valence-corrected chi connectivity index (χ3v) is 8.20. The molecular weight excluding hydrogens is 475 g/mol. The van der Waals surface area contributed by atoms with Gasteiger partial charge in [0.25, 0.3) is 0 Å². The maximum Gasteiger partial charge on any atom is 0.241 e. The van der Waals surface area contributed by atoms with Crippen LogP contribution in [0.3, 0.4) is 0 Å². The highest BCUT2D eigenvalue weighted by Crippen LogP contribution is 2.42. The molecule has 2 heterocycles. The van der Waals surface area contributed by atoms with E-state index in [-0.39, 0.29) is 10.7 Å². The fraction of sp³-hybridized carbons (Fsp3) is 0.400. The van der Waals surface area contributed by atoms with Gasteiger partial charge < -0.3 is 4.90 Å². The molecule has 0 saturated carbocycles. The normalized spacial score (nSPS) is 20.3. The number of nitrogens with two attached hydrogens (primary N) is 1. The SMILES string of the molecule is NS(=O)(=O)c1cnn(CCc2cc3c(cc2F)CC(CN2CCC2)C3Cc2cccc(Cl)c2)c1. The second-order valence-corrected chi connectivity index (χ2v) is 11.4. The predicted molar refractivity (Wildman–Crippen MR) is 130 cm³/mol. The summed E-state index contributed by atoms with van der Waals surface area (Å²) in [6.07, 6.45) is 6.00. The van der Waals surface area contributed by atoms with Gasteiger partial charge in [0, 0.05) is 24.3 Å². The second-order valence-electron chi connectivity index (χ2n) is 9.44. The fourth-order valence-corrected chi connectivity index (χ4v) is 5.88. The molecule has 1 saturated heterocycles. The lowest BCUT2D eigenvalue weighted by molar-refractivity contribution is 0.145. The number of hydrogen-bond acceptors (Lipinski definition) is 4. The summed E-state index contributed by atoms with van der Waals surface area (Å²) in [6.45, 7) is 3.67. The maximum absolute atomic E-state index is 15.0. The number of halogens is 2. The van der Waals surface area contributed by atoms with E-state index in [4.69, 9.17) is 16.7 Å². The third-order valence-electron chi connectivity index (χ3n) is 7.09. The number of hydrogen-bond donors (Lipinski definition) is 1. The first-order valence-electron chi connectivity index (χ1n) is 11.6. The van der Waals surface area contributed by atoms with Gasteiger partial charge in [0.15, 0.2) is 0 Å². The van der Waals surface area contributed by atoms with Crippen LogP contribution in [0.25, 0.3) is 0 Å². The van der Waals surface area contributed by atoms with Gasteiger partial charge in [-0.1, -0.05) is 29.8 Å². The van der Waals surface area contributed by atoms with Gasteiger partial charge in [0.1, 0.15) is 10.7 Å². The number of benzene rings is 2. The zero-order chi connectivity index (χ0) is 23.9. The molecule has 1 fully saturated rings. The molecule has 2 aliphatic rings. The second kappa shape index (κ2) is 9.41. The number of rotatable bonds is 8. The van der Waals surface area contributed by atoms with Crippen molar-refractivity contribution in [1.82, 2.24) is 14.7 Å². The summed E-state index contributed by atoms with van der Waals surface area (Å²) in [5.41, 5.74) is 4.12. The molecule has 6 nitrogen and oxygen atoms in total. The highest BCUT2D eigenvalue weighted by Gasteiger charge is 2.35. The van der Waals surface area contributed by atoms with Crippen LogP contribution in [0, 0.1) is 11.7 Å². The average Bonchev–Trinajstić information content (AvgIpc) is 3.34. The van der Waals surface area contributed by atoms with Crippen molar-refractivity contribution < 1.29 is 12.8 Å². The molecule has 2 unspecified atom stereocenters. The van der Waals surface area contributed by atoms with E-state index in [1.165, 1.54) is 34.6 Å². The zero-order valence-corrected chi connectivity index (χ0v) is 20.4. The van der Waals surface area contributed by atoms with E-state index < -0.39 is 10.0 Å². The van der Waals surface area contributed by atoms with E-state index in [1.54, 1.807) is 6.07 Å². The standard InChI is InChI=1S/C25H28ClFN4O2S/c26-21-4-1-3-17(9-21)10-23-20(15-30-6-2-7-30)11-19-13-25(27)18(12-24(19)23)5-8-31-16-22(14-29-31)34(28,32)33/h1,3-4,9,12-14,16,20,23H,2,5-8,10-11,15H2,(H2,28,32,33). The minimum absolute atomic E-state index is 0.0441. The van der Waals surface area contributed by atoms with E-state index in [0.29, 0.717) is 30.4 Å². The number of likely N-dealkylation sites (tertiary alicyclic amines) is 1. The molecule has 2 aromatic carbocycles. The molecule has 2 atom stereocenters. The molecule has 0 amide bonds. The number of aryl methyl sites for hydroxylation is 2. The van der Waals surface area contributed by atoms with E-state index in [9.17, 15) is 8.42 Å².